The lowest BCUT2D eigenvalue weighted by atomic mass is 9.99. The summed E-state index contributed by atoms with van der Waals surface area (Å²) >= 11 is 0. The van der Waals surface area contributed by atoms with Gasteiger partial charge in [-0.2, -0.15) is 0 Å². The highest BCUT2D eigenvalue weighted by Crippen LogP contribution is 2.21. The largest absolute Gasteiger partial charge is 0.344 e. The van der Waals surface area contributed by atoms with E-state index in [-0.39, 0.29) is 6.04 Å². The maximum Gasteiger partial charge on any atom is 0.206 e. The Morgan fingerprint density at radius 1 is 1.00 bits per heavy atom. The van der Waals surface area contributed by atoms with Crippen molar-refractivity contribution in [2.45, 2.75) is 13.0 Å². The molecule has 0 amide bonds. The molecule has 4 heteroatoms. The van der Waals surface area contributed by atoms with Gasteiger partial charge in [-0.3, -0.25) is 10.4 Å². The number of hydrazine groups is 1. The molecule has 0 fully saturated rings. The number of guanidine groups is 1. The van der Waals surface area contributed by atoms with E-state index in [1.54, 1.807) is 0 Å². The lowest BCUT2D eigenvalue weighted by Crippen LogP contribution is -2.43. The summed E-state index contributed by atoms with van der Waals surface area (Å²) in [5, 5.41) is 3.35. The van der Waals surface area contributed by atoms with Gasteiger partial charge in [0.05, 0.1) is 6.04 Å². The number of hydrogen-bond donors (Lipinski definition) is 3. The van der Waals surface area contributed by atoms with Crippen molar-refractivity contribution in [3.63, 3.8) is 0 Å². The van der Waals surface area contributed by atoms with E-state index in [9.17, 15) is 0 Å². The van der Waals surface area contributed by atoms with Crippen molar-refractivity contribution in [3.05, 3.63) is 71.8 Å². The molecule has 0 spiro atoms. The van der Waals surface area contributed by atoms with Crippen LogP contribution in [0.3, 0.4) is 0 Å². The molecule has 0 aliphatic rings. The second-order valence-corrected chi connectivity index (χ2v) is 4.37. The van der Waals surface area contributed by atoms with Gasteiger partial charge in [0.2, 0.25) is 5.96 Å². The van der Waals surface area contributed by atoms with Crippen molar-refractivity contribution in [1.29, 1.82) is 0 Å². The Labute approximate surface area is 119 Å². The summed E-state index contributed by atoms with van der Waals surface area (Å²) in [4.78, 5) is 4.30. The molecule has 0 bridgehead atoms. The number of nitrogens with one attached hydrogen (secondary N) is 2. The fourth-order valence-electron chi connectivity index (χ4n) is 2.08. The van der Waals surface area contributed by atoms with Crippen molar-refractivity contribution in [2.75, 3.05) is 6.54 Å². The lowest BCUT2D eigenvalue weighted by Gasteiger charge is -2.21. The Bertz CT molecular complexity index is 497. The van der Waals surface area contributed by atoms with E-state index in [1.165, 1.54) is 0 Å². The average molecular weight is 268 g/mol. The number of nitrogens with zero attached hydrogens (tertiary/aromatic N) is 1. The van der Waals surface area contributed by atoms with Crippen molar-refractivity contribution in [1.82, 2.24) is 10.7 Å². The zero-order chi connectivity index (χ0) is 14.2. The van der Waals surface area contributed by atoms with Gasteiger partial charge in [0.15, 0.2) is 0 Å². The summed E-state index contributed by atoms with van der Waals surface area (Å²) in [7, 11) is 0. The van der Waals surface area contributed by atoms with Crippen LogP contribution in [0.5, 0.6) is 0 Å². The van der Waals surface area contributed by atoms with Crippen LogP contribution < -0.4 is 16.6 Å². The molecule has 0 aliphatic heterocycles. The summed E-state index contributed by atoms with van der Waals surface area (Å²) < 4.78 is 0. The predicted octanol–water partition coefficient (Wildman–Crippen LogP) is 2.20. The van der Waals surface area contributed by atoms with Crippen LogP contribution >= 0.6 is 0 Å². The summed E-state index contributed by atoms with van der Waals surface area (Å²) in [5.74, 6) is 6.11. The molecule has 2 aromatic carbocycles. The monoisotopic (exact) mass is 268 g/mol. The highest BCUT2D eigenvalue weighted by Gasteiger charge is 2.14. The molecule has 0 saturated carbocycles. The minimum Gasteiger partial charge on any atom is -0.344 e. The maximum absolute atomic E-state index is 5.52. The Balaban J connectivity index is 2.33. The summed E-state index contributed by atoms with van der Waals surface area (Å²) in [5.41, 5.74) is 4.94. The van der Waals surface area contributed by atoms with Crippen LogP contribution in [0.1, 0.15) is 24.1 Å². The molecule has 104 valence electrons. The number of benzene rings is 2. The average Bonchev–Trinajstić information content (AvgIpc) is 2.53. The molecule has 0 saturated heterocycles. The van der Waals surface area contributed by atoms with E-state index in [4.69, 9.17) is 5.84 Å². The zero-order valence-corrected chi connectivity index (χ0v) is 11.6. The van der Waals surface area contributed by atoms with Gasteiger partial charge in [0, 0.05) is 6.54 Å². The summed E-state index contributed by atoms with van der Waals surface area (Å²) in [6, 6.07) is 20.5. The van der Waals surface area contributed by atoms with Gasteiger partial charge in [-0.25, -0.2) is 5.84 Å². The Kier molecular flexibility index (Phi) is 5.15. The molecule has 4 nitrogen and oxygen atoms in total. The predicted molar refractivity (Wildman–Crippen MR) is 83.2 cm³/mol. The molecule has 4 N–H and O–H groups in total. The lowest BCUT2D eigenvalue weighted by molar-refractivity contribution is 0.727. The van der Waals surface area contributed by atoms with Crippen LogP contribution in [-0.2, 0) is 0 Å². The van der Waals surface area contributed by atoms with Gasteiger partial charge in [-0.05, 0) is 18.1 Å². The topological polar surface area (TPSA) is 62.4 Å². The van der Waals surface area contributed by atoms with Crippen LogP contribution in [0, 0.1) is 0 Å². The molecule has 0 aliphatic carbocycles. The van der Waals surface area contributed by atoms with E-state index in [0.717, 1.165) is 11.1 Å². The van der Waals surface area contributed by atoms with Crippen LogP contribution in [0.15, 0.2) is 65.7 Å². The van der Waals surface area contributed by atoms with E-state index in [2.05, 4.69) is 40.0 Å². The molecule has 2 aromatic rings. The molecule has 0 heterocycles. The Morgan fingerprint density at radius 2 is 1.50 bits per heavy atom. The van der Waals surface area contributed by atoms with Gasteiger partial charge in [0.25, 0.3) is 0 Å². The number of hydrogen-bond acceptors (Lipinski definition) is 2. The minimum atomic E-state index is 0.0127. The van der Waals surface area contributed by atoms with Crippen LogP contribution in [-0.4, -0.2) is 12.5 Å². The maximum atomic E-state index is 5.52. The Hall–Kier alpha value is -2.33. The molecular weight excluding hydrogens is 248 g/mol. The summed E-state index contributed by atoms with van der Waals surface area (Å²) in [6.45, 7) is 2.64. The van der Waals surface area contributed by atoms with Gasteiger partial charge < -0.3 is 5.32 Å². The number of rotatable bonds is 4. The molecule has 20 heavy (non-hydrogen) atoms. The fraction of sp³-hybridized carbons (Fsp3) is 0.188. The van der Waals surface area contributed by atoms with Gasteiger partial charge >= 0.3 is 0 Å². The van der Waals surface area contributed by atoms with Crippen LogP contribution in [0.2, 0.25) is 0 Å². The molecular formula is C16H20N4. The SMILES string of the molecule is CCN=C(NN)NC(c1ccccc1)c1ccccc1. The number of nitrogens with two attached hydrogens (primary N) is 1. The molecule has 0 radical (unpaired) electrons. The third kappa shape index (κ3) is 3.59. The second-order valence-electron chi connectivity index (χ2n) is 4.37. The summed E-state index contributed by atoms with van der Waals surface area (Å²) in [6.07, 6.45) is 0. The first-order valence-corrected chi connectivity index (χ1v) is 6.72. The molecule has 0 atom stereocenters. The quantitative estimate of drug-likeness (QED) is 0.345. The third-order valence-corrected chi connectivity index (χ3v) is 3.00. The van der Waals surface area contributed by atoms with Crippen LogP contribution in [0.4, 0.5) is 0 Å². The third-order valence-electron chi connectivity index (χ3n) is 3.00. The van der Waals surface area contributed by atoms with Crippen molar-refractivity contribution >= 4 is 5.96 Å². The van der Waals surface area contributed by atoms with E-state index in [0.29, 0.717) is 12.5 Å². The Morgan fingerprint density at radius 3 is 1.90 bits per heavy atom. The first-order chi connectivity index (χ1) is 9.85. The highest BCUT2D eigenvalue weighted by atomic mass is 15.3. The minimum absolute atomic E-state index is 0.0127. The van der Waals surface area contributed by atoms with Crippen molar-refractivity contribution < 1.29 is 0 Å². The van der Waals surface area contributed by atoms with Crippen molar-refractivity contribution in [2.24, 2.45) is 10.8 Å². The van der Waals surface area contributed by atoms with Gasteiger partial charge in [-0.1, -0.05) is 60.7 Å². The molecule has 0 unspecified atom stereocenters. The highest BCUT2D eigenvalue weighted by molar-refractivity contribution is 5.80. The van der Waals surface area contributed by atoms with Gasteiger partial charge in [0.1, 0.15) is 0 Å². The van der Waals surface area contributed by atoms with E-state index < -0.39 is 0 Å². The molecule has 0 aromatic heterocycles. The van der Waals surface area contributed by atoms with Crippen LogP contribution in [0.25, 0.3) is 0 Å². The second kappa shape index (κ2) is 7.31. The smallest absolute Gasteiger partial charge is 0.206 e. The van der Waals surface area contributed by atoms with Gasteiger partial charge in [-0.15, -0.1) is 0 Å². The first-order valence-electron chi connectivity index (χ1n) is 6.72. The van der Waals surface area contributed by atoms with Crippen molar-refractivity contribution in [3.8, 4) is 0 Å². The standard InChI is InChI=1S/C16H20N4/c1-2-18-16(20-17)19-15(13-9-5-3-6-10-13)14-11-7-4-8-12-14/h3-12,15H,2,17H2,1H3,(H2,18,19,20). The zero-order valence-electron chi connectivity index (χ0n) is 11.6. The van der Waals surface area contributed by atoms with E-state index in [1.807, 2.05) is 43.3 Å². The van der Waals surface area contributed by atoms with E-state index >= 15 is 0 Å². The molecule has 2 rings (SSSR count). The first kappa shape index (κ1) is 14.1. The fourth-order valence-corrected chi connectivity index (χ4v) is 2.08. The normalized spacial score (nSPS) is 11.4. The number of aliphatic imine (C=N–C) groups is 1.